The molecule has 2 amide bonds. The number of anilines is 1. The van der Waals surface area contributed by atoms with Gasteiger partial charge in [0.2, 0.25) is 5.91 Å². The van der Waals surface area contributed by atoms with Gasteiger partial charge in [-0.25, -0.2) is 5.01 Å². The van der Waals surface area contributed by atoms with Crippen LogP contribution in [0, 0.1) is 5.92 Å². The highest BCUT2D eigenvalue weighted by molar-refractivity contribution is 6.06. The van der Waals surface area contributed by atoms with Crippen molar-refractivity contribution < 1.29 is 19.1 Å². The van der Waals surface area contributed by atoms with Gasteiger partial charge in [0.25, 0.3) is 5.91 Å². The highest BCUT2D eigenvalue weighted by Crippen LogP contribution is 2.35. The third-order valence-electron chi connectivity index (χ3n) is 7.31. The first-order valence-corrected chi connectivity index (χ1v) is 13.6. The van der Waals surface area contributed by atoms with E-state index in [-0.39, 0.29) is 23.8 Å². The first kappa shape index (κ1) is 26.4. The standard InChI is InChI=1S/C31H34N4O4/c1-3-22-18-29(36)35(20-21-8-6-10-25(16-21)33-31(37)24-9-7-15-32-19-24)34-30(22)23-13-14-27(38-2)28(17-23)39-26-11-4-5-12-26/h6-10,13-17,19,22,26H,3-5,11-12,18,20H2,1-2H3,(H,33,37). The Hall–Kier alpha value is -4.20. The number of nitrogens with one attached hydrogen (secondary N) is 1. The molecule has 0 spiro atoms. The minimum atomic E-state index is -0.240. The maximum absolute atomic E-state index is 13.1. The maximum Gasteiger partial charge on any atom is 0.257 e. The molecule has 1 aliphatic carbocycles. The number of hydrogen-bond donors (Lipinski definition) is 1. The lowest BCUT2D eigenvalue weighted by Gasteiger charge is -2.29. The third-order valence-corrected chi connectivity index (χ3v) is 7.31. The number of aromatic nitrogens is 1. The molecule has 1 atom stereocenters. The number of amides is 2. The number of carbonyl (C=O) groups is 2. The van der Waals surface area contributed by atoms with Gasteiger partial charge in [0, 0.05) is 36.0 Å². The average Bonchev–Trinajstić information content (AvgIpc) is 3.47. The SMILES string of the molecule is CCC1CC(=O)N(Cc2cccc(NC(=O)c3cccnc3)c2)N=C1c1ccc(OC)c(OC2CCCC2)c1. The largest absolute Gasteiger partial charge is 0.493 e. The first-order valence-electron chi connectivity index (χ1n) is 13.6. The maximum atomic E-state index is 13.1. The van der Waals surface area contributed by atoms with Crippen LogP contribution in [0.1, 0.15) is 66.9 Å². The second-order valence-corrected chi connectivity index (χ2v) is 10.0. The number of rotatable bonds is 9. The van der Waals surface area contributed by atoms with Gasteiger partial charge >= 0.3 is 0 Å². The summed E-state index contributed by atoms with van der Waals surface area (Å²) in [4.78, 5) is 29.7. The summed E-state index contributed by atoms with van der Waals surface area (Å²) in [5.41, 5.74) is 3.79. The molecule has 5 rings (SSSR count). The van der Waals surface area contributed by atoms with Gasteiger partial charge in [0.1, 0.15) is 0 Å². The number of pyridine rings is 1. The zero-order valence-corrected chi connectivity index (χ0v) is 22.4. The minimum Gasteiger partial charge on any atom is -0.493 e. The Morgan fingerprint density at radius 1 is 1.08 bits per heavy atom. The molecule has 8 nitrogen and oxygen atoms in total. The predicted molar refractivity (Wildman–Crippen MR) is 150 cm³/mol. The molecule has 1 saturated carbocycles. The van der Waals surface area contributed by atoms with E-state index in [9.17, 15) is 9.59 Å². The van der Waals surface area contributed by atoms with Crippen molar-refractivity contribution in [2.45, 2.75) is 58.1 Å². The minimum absolute atomic E-state index is 0.0200. The van der Waals surface area contributed by atoms with Crippen molar-refractivity contribution in [2.75, 3.05) is 12.4 Å². The second-order valence-electron chi connectivity index (χ2n) is 10.0. The van der Waals surface area contributed by atoms with Gasteiger partial charge in [-0.3, -0.25) is 14.6 Å². The van der Waals surface area contributed by atoms with E-state index >= 15 is 0 Å². The summed E-state index contributed by atoms with van der Waals surface area (Å²) in [6.45, 7) is 2.38. The molecule has 2 aromatic carbocycles. The molecule has 8 heteroatoms. The quantitative estimate of drug-likeness (QED) is 0.379. The number of methoxy groups -OCH3 is 1. The van der Waals surface area contributed by atoms with E-state index in [1.807, 2.05) is 42.5 Å². The van der Waals surface area contributed by atoms with Crippen LogP contribution in [0.5, 0.6) is 11.5 Å². The van der Waals surface area contributed by atoms with Gasteiger partial charge < -0.3 is 14.8 Å². The summed E-state index contributed by atoms with van der Waals surface area (Å²) in [6, 6.07) is 16.8. The van der Waals surface area contributed by atoms with Gasteiger partial charge in [-0.15, -0.1) is 0 Å². The van der Waals surface area contributed by atoms with Crippen molar-refractivity contribution in [1.29, 1.82) is 0 Å². The topological polar surface area (TPSA) is 93.1 Å². The highest BCUT2D eigenvalue weighted by Gasteiger charge is 2.30. The summed E-state index contributed by atoms with van der Waals surface area (Å²) < 4.78 is 11.9. The van der Waals surface area contributed by atoms with Crippen molar-refractivity contribution in [3.63, 3.8) is 0 Å². The van der Waals surface area contributed by atoms with E-state index in [2.05, 4.69) is 17.2 Å². The Morgan fingerprint density at radius 2 is 1.92 bits per heavy atom. The van der Waals surface area contributed by atoms with Crippen LogP contribution in [-0.2, 0) is 11.3 Å². The number of hydrazone groups is 1. The Labute approximate surface area is 229 Å². The number of hydrogen-bond acceptors (Lipinski definition) is 6. The van der Waals surface area contributed by atoms with Crippen molar-refractivity contribution in [3.05, 3.63) is 83.7 Å². The van der Waals surface area contributed by atoms with Crippen molar-refractivity contribution in [3.8, 4) is 11.5 Å². The van der Waals surface area contributed by atoms with Gasteiger partial charge in [0.05, 0.1) is 31.0 Å². The van der Waals surface area contributed by atoms with Crippen molar-refractivity contribution >= 4 is 23.2 Å². The smallest absolute Gasteiger partial charge is 0.257 e. The molecule has 3 aromatic rings. The van der Waals surface area contributed by atoms with Crippen molar-refractivity contribution in [1.82, 2.24) is 9.99 Å². The molecule has 39 heavy (non-hydrogen) atoms. The molecule has 1 aromatic heterocycles. The molecule has 0 bridgehead atoms. The highest BCUT2D eigenvalue weighted by atomic mass is 16.5. The first-order chi connectivity index (χ1) is 19.0. The van der Waals surface area contributed by atoms with Gasteiger partial charge in [-0.2, -0.15) is 5.10 Å². The molecule has 1 unspecified atom stereocenters. The predicted octanol–water partition coefficient (Wildman–Crippen LogP) is 5.83. The number of carbonyl (C=O) groups excluding carboxylic acids is 2. The number of ether oxygens (including phenoxy) is 2. The lowest BCUT2D eigenvalue weighted by atomic mass is 9.89. The van der Waals surface area contributed by atoms with E-state index in [0.717, 1.165) is 41.9 Å². The lowest BCUT2D eigenvalue weighted by molar-refractivity contribution is -0.133. The monoisotopic (exact) mass is 526 g/mol. The average molecular weight is 527 g/mol. The van der Waals surface area contributed by atoms with Crippen LogP contribution in [0.25, 0.3) is 0 Å². The molecule has 1 N–H and O–H groups in total. The summed E-state index contributed by atoms with van der Waals surface area (Å²) in [5, 5.41) is 9.29. The molecule has 1 aliphatic heterocycles. The van der Waals surface area contributed by atoms with Gasteiger partial charge in [-0.05, 0) is 80.1 Å². The molecule has 202 valence electrons. The van der Waals surface area contributed by atoms with Crippen LogP contribution in [0.4, 0.5) is 5.69 Å². The number of benzene rings is 2. The van der Waals surface area contributed by atoms with Crippen LogP contribution >= 0.6 is 0 Å². The number of nitrogens with zero attached hydrogens (tertiary/aromatic N) is 3. The van der Waals surface area contributed by atoms with Crippen LogP contribution in [-0.4, -0.2) is 40.7 Å². The molecular weight excluding hydrogens is 492 g/mol. The summed E-state index contributed by atoms with van der Waals surface area (Å²) in [7, 11) is 1.65. The van der Waals surface area contributed by atoms with Crippen LogP contribution in [0.2, 0.25) is 0 Å². The van der Waals surface area contributed by atoms with E-state index in [1.165, 1.54) is 24.0 Å². The van der Waals surface area contributed by atoms with Gasteiger partial charge in [-0.1, -0.05) is 19.1 Å². The molecule has 0 saturated heterocycles. The van der Waals surface area contributed by atoms with E-state index in [4.69, 9.17) is 14.6 Å². The van der Waals surface area contributed by atoms with Crippen LogP contribution in [0.3, 0.4) is 0 Å². The fraction of sp³-hybridized carbons (Fsp3) is 0.355. The van der Waals surface area contributed by atoms with E-state index < -0.39 is 0 Å². The fourth-order valence-electron chi connectivity index (χ4n) is 5.17. The summed E-state index contributed by atoms with van der Waals surface area (Å²) in [6.07, 6.45) is 9.01. The Balaban J connectivity index is 1.37. The van der Waals surface area contributed by atoms with Crippen LogP contribution < -0.4 is 14.8 Å². The molecule has 0 radical (unpaired) electrons. The molecule has 1 fully saturated rings. The normalized spacial score (nSPS) is 17.6. The van der Waals surface area contributed by atoms with Crippen molar-refractivity contribution in [2.24, 2.45) is 11.0 Å². The molecule has 2 aliphatic rings. The summed E-state index contributed by atoms with van der Waals surface area (Å²) in [5.74, 6) is 1.18. The third kappa shape index (κ3) is 6.28. The summed E-state index contributed by atoms with van der Waals surface area (Å²) >= 11 is 0. The van der Waals surface area contributed by atoms with Crippen LogP contribution in [0.15, 0.2) is 72.1 Å². The Bertz CT molecular complexity index is 1350. The lowest BCUT2D eigenvalue weighted by Crippen LogP contribution is -2.36. The zero-order valence-electron chi connectivity index (χ0n) is 22.4. The second kappa shape index (κ2) is 12.1. The molecular formula is C31H34N4O4. The Morgan fingerprint density at radius 3 is 2.67 bits per heavy atom. The fourth-order valence-corrected chi connectivity index (χ4v) is 5.17. The van der Waals surface area contributed by atoms with E-state index in [1.54, 1.807) is 25.4 Å². The molecule has 2 heterocycles. The van der Waals surface area contributed by atoms with Gasteiger partial charge in [0.15, 0.2) is 11.5 Å². The Kier molecular flexibility index (Phi) is 8.20. The zero-order chi connectivity index (χ0) is 27.2. The van der Waals surface area contributed by atoms with E-state index in [0.29, 0.717) is 30.0 Å².